The summed E-state index contributed by atoms with van der Waals surface area (Å²) in [5.41, 5.74) is 0. The summed E-state index contributed by atoms with van der Waals surface area (Å²) in [4.78, 5) is 14.4. The lowest BCUT2D eigenvalue weighted by atomic mass is 10.2. The van der Waals surface area contributed by atoms with E-state index < -0.39 is 0 Å². The molecule has 1 unspecified atom stereocenters. The number of rotatable bonds is 1. The van der Waals surface area contributed by atoms with E-state index in [2.05, 4.69) is 10.3 Å². The summed E-state index contributed by atoms with van der Waals surface area (Å²) < 4.78 is 0. The number of carbonyl (C=O) groups excluding carboxylic acids is 1. The molecule has 0 aromatic carbocycles. The van der Waals surface area contributed by atoms with Gasteiger partial charge in [0, 0.05) is 18.6 Å². The molecule has 0 bridgehead atoms. The molecular formula is C8H14N2O. The molecule has 0 amide bonds. The Hall–Kier alpha value is -1.12. The number of aliphatic imine (C=N–C) groups is 1. The number of hydrogen-bond donors (Lipinski definition) is 1. The highest BCUT2D eigenvalue weighted by molar-refractivity contribution is 5.98. The molecule has 1 N–H and O–H groups in total. The highest BCUT2D eigenvalue weighted by atomic mass is 16.1. The number of nitrogens with zero attached hydrogens (tertiary/aromatic N) is 1. The molecule has 0 aromatic rings. The average Bonchev–Trinajstić information content (AvgIpc) is 2.10. The van der Waals surface area contributed by atoms with Gasteiger partial charge in [-0.1, -0.05) is 13.8 Å². The topological polar surface area (TPSA) is 41.5 Å². The molecule has 1 aliphatic heterocycles. The van der Waals surface area contributed by atoms with Gasteiger partial charge in [-0.2, -0.15) is 0 Å². The van der Waals surface area contributed by atoms with Crippen LogP contribution in [0.2, 0.25) is 0 Å². The van der Waals surface area contributed by atoms with Crippen molar-refractivity contribution in [3.63, 3.8) is 0 Å². The summed E-state index contributed by atoms with van der Waals surface area (Å²) in [6.45, 7) is 5.53. The van der Waals surface area contributed by atoms with Gasteiger partial charge in [-0.15, -0.1) is 0 Å². The first-order valence-electron chi connectivity index (χ1n) is 3.75. The normalized spacial score (nSPS) is 19.7. The van der Waals surface area contributed by atoms with E-state index in [4.69, 9.17) is 0 Å². The maximum absolute atomic E-state index is 10.6. The van der Waals surface area contributed by atoms with Crippen molar-refractivity contribution in [2.24, 2.45) is 4.99 Å². The second kappa shape index (κ2) is 5.65. The first-order chi connectivity index (χ1) is 5.30. The van der Waals surface area contributed by atoms with Crippen LogP contribution in [0.4, 0.5) is 0 Å². The van der Waals surface area contributed by atoms with E-state index in [-0.39, 0.29) is 11.8 Å². The quantitative estimate of drug-likeness (QED) is 0.614. The van der Waals surface area contributed by atoms with Crippen molar-refractivity contribution in [2.45, 2.75) is 26.8 Å². The molecule has 62 valence electrons. The van der Waals surface area contributed by atoms with Crippen LogP contribution in [0.1, 0.15) is 20.8 Å². The third-order valence-electron chi connectivity index (χ3n) is 1.11. The second-order valence-corrected chi connectivity index (χ2v) is 1.87. The number of carbonyl (C=O) groups is 1. The summed E-state index contributed by atoms with van der Waals surface area (Å²) >= 11 is 0. The van der Waals surface area contributed by atoms with Crippen LogP contribution in [0.15, 0.2) is 17.4 Å². The molecule has 0 spiro atoms. The fourth-order valence-corrected chi connectivity index (χ4v) is 0.591. The lowest BCUT2D eigenvalue weighted by molar-refractivity contribution is -0.117. The zero-order valence-corrected chi connectivity index (χ0v) is 7.16. The Morgan fingerprint density at radius 2 is 2.18 bits per heavy atom. The van der Waals surface area contributed by atoms with Gasteiger partial charge in [-0.25, -0.2) is 0 Å². The number of ketones is 1. The molecule has 1 rings (SSSR count). The zero-order chi connectivity index (χ0) is 8.69. The van der Waals surface area contributed by atoms with Gasteiger partial charge in [0.1, 0.15) is 6.04 Å². The Labute approximate surface area is 67.2 Å². The first-order valence-corrected chi connectivity index (χ1v) is 3.75. The highest BCUT2D eigenvalue weighted by Crippen LogP contribution is 1.88. The molecule has 1 heterocycles. The van der Waals surface area contributed by atoms with Gasteiger partial charge >= 0.3 is 0 Å². The van der Waals surface area contributed by atoms with Crippen molar-refractivity contribution in [3.05, 3.63) is 12.4 Å². The Bertz CT molecular complexity index is 173. The van der Waals surface area contributed by atoms with Crippen LogP contribution in [0, 0.1) is 0 Å². The second-order valence-electron chi connectivity index (χ2n) is 1.87. The molecule has 0 aromatic heterocycles. The van der Waals surface area contributed by atoms with Crippen molar-refractivity contribution >= 4 is 12.0 Å². The van der Waals surface area contributed by atoms with Gasteiger partial charge in [0.05, 0.1) is 0 Å². The molecule has 3 nitrogen and oxygen atoms in total. The molecular weight excluding hydrogens is 140 g/mol. The fourth-order valence-electron chi connectivity index (χ4n) is 0.591. The molecule has 0 aliphatic carbocycles. The van der Waals surface area contributed by atoms with E-state index in [9.17, 15) is 4.79 Å². The minimum atomic E-state index is -0.213. The van der Waals surface area contributed by atoms with Crippen molar-refractivity contribution in [1.82, 2.24) is 5.32 Å². The van der Waals surface area contributed by atoms with E-state index in [0.717, 1.165) is 0 Å². The maximum atomic E-state index is 10.6. The monoisotopic (exact) mass is 154 g/mol. The lowest BCUT2D eigenvalue weighted by Crippen LogP contribution is -2.34. The first kappa shape index (κ1) is 9.88. The Morgan fingerprint density at radius 3 is 2.45 bits per heavy atom. The smallest absolute Gasteiger partial charge is 0.157 e. The predicted molar refractivity (Wildman–Crippen MR) is 46.6 cm³/mol. The minimum Gasteiger partial charge on any atom is -0.376 e. The van der Waals surface area contributed by atoms with Crippen molar-refractivity contribution in [1.29, 1.82) is 0 Å². The third-order valence-corrected chi connectivity index (χ3v) is 1.11. The van der Waals surface area contributed by atoms with Crippen LogP contribution < -0.4 is 5.32 Å². The van der Waals surface area contributed by atoms with Gasteiger partial charge < -0.3 is 5.32 Å². The van der Waals surface area contributed by atoms with Crippen LogP contribution in [0.5, 0.6) is 0 Å². The average molecular weight is 154 g/mol. The number of nitrogens with one attached hydrogen (secondary N) is 1. The zero-order valence-electron chi connectivity index (χ0n) is 7.16. The summed E-state index contributed by atoms with van der Waals surface area (Å²) in [7, 11) is 0. The molecule has 1 atom stereocenters. The van der Waals surface area contributed by atoms with Crippen LogP contribution in [-0.2, 0) is 4.79 Å². The Balaban J connectivity index is 0.000000461. The van der Waals surface area contributed by atoms with Crippen molar-refractivity contribution < 1.29 is 4.79 Å². The van der Waals surface area contributed by atoms with E-state index in [1.165, 1.54) is 6.92 Å². The van der Waals surface area contributed by atoms with Gasteiger partial charge in [0.15, 0.2) is 5.78 Å². The summed E-state index contributed by atoms with van der Waals surface area (Å²) in [6, 6.07) is -0.213. The third kappa shape index (κ3) is 3.55. The molecule has 0 fully saturated rings. The van der Waals surface area contributed by atoms with Gasteiger partial charge in [0.2, 0.25) is 0 Å². The fraction of sp³-hybridized carbons (Fsp3) is 0.500. The lowest BCUT2D eigenvalue weighted by Gasteiger charge is -2.09. The van der Waals surface area contributed by atoms with E-state index in [1.54, 1.807) is 18.6 Å². The molecule has 0 radical (unpaired) electrons. The minimum absolute atomic E-state index is 0.0862. The van der Waals surface area contributed by atoms with Crippen LogP contribution >= 0.6 is 0 Å². The molecule has 3 heteroatoms. The summed E-state index contributed by atoms with van der Waals surface area (Å²) in [6.07, 6.45) is 4.86. The highest BCUT2D eigenvalue weighted by Gasteiger charge is 2.08. The number of Topliss-reactive ketones (excluding diaryl/α,β-unsaturated/α-hetero) is 1. The van der Waals surface area contributed by atoms with Gasteiger partial charge in [-0.3, -0.25) is 9.79 Å². The van der Waals surface area contributed by atoms with Crippen molar-refractivity contribution in [2.75, 3.05) is 0 Å². The van der Waals surface area contributed by atoms with Gasteiger partial charge in [-0.05, 0) is 6.92 Å². The standard InChI is InChI=1S/C6H8N2O.C2H6/c1-5(9)6-4-7-2-3-8-6;1-2/h2-4,6,8H,1H3;1-2H3. The molecule has 11 heavy (non-hydrogen) atoms. The molecule has 0 saturated heterocycles. The summed E-state index contributed by atoms with van der Waals surface area (Å²) in [5.74, 6) is 0.0862. The van der Waals surface area contributed by atoms with E-state index in [1.807, 2.05) is 13.8 Å². The molecule has 1 aliphatic rings. The largest absolute Gasteiger partial charge is 0.376 e. The van der Waals surface area contributed by atoms with E-state index >= 15 is 0 Å². The Morgan fingerprint density at radius 1 is 1.55 bits per heavy atom. The van der Waals surface area contributed by atoms with Crippen LogP contribution in [-0.4, -0.2) is 18.0 Å². The van der Waals surface area contributed by atoms with Crippen LogP contribution in [0.25, 0.3) is 0 Å². The Kier molecular flexibility index (Phi) is 5.07. The SMILES string of the molecule is CC.CC(=O)C1C=NC=CN1. The van der Waals surface area contributed by atoms with E-state index in [0.29, 0.717) is 0 Å². The molecule has 0 saturated carbocycles. The summed E-state index contributed by atoms with van der Waals surface area (Å²) in [5, 5.41) is 2.84. The predicted octanol–water partition coefficient (Wildman–Crippen LogP) is 1.12. The maximum Gasteiger partial charge on any atom is 0.157 e. The van der Waals surface area contributed by atoms with Gasteiger partial charge in [0.25, 0.3) is 0 Å². The van der Waals surface area contributed by atoms with Crippen LogP contribution in [0.3, 0.4) is 0 Å². The van der Waals surface area contributed by atoms with Crippen molar-refractivity contribution in [3.8, 4) is 0 Å². The number of hydrogen-bond acceptors (Lipinski definition) is 3.